The number of carbonyl (C=O) groups is 2. The maximum absolute atomic E-state index is 12.9. The van der Waals surface area contributed by atoms with Crippen LogP contribution in [0.3, 0.4) is 0 Å². The highest BCUT2D eigenvalue weighted by Crippen LogP contribution is 2.37. The van der Waals surface area contributed by atoms with Crippen molar-refractivity contribution in [3.8, 4) is 6.07 Å². The van der Waals surface area contributed by atoms with Crippen LogP contribution in [0.25, 0.3) is 0 Å². The number of nitro groups is 1. The molecule has 26 heavy (non-hydrogen) atoms. The van der Waals surface area contributed by atoms with Gasteiger partial charge in [0.1, 0.15) is 0 Å². The zero-order valence-corrected chi connectivity index (χ0v) is 13.6. The Morgan fingerprint density at radius 1 is 1.27 bits per heavy atom. The monoisotopic (exact) mass is 374 g/mol. The highest BCUT2D eigenvalue weighted by Gasteiger charge is 2.37. The molecule has 0 aliphatic heterocycles. The van der Waals surface area contributed by atoms with Gasteiger partial charge in [0.05, 0.1) is 36.7 Å². The van der Waals surface area contributed by atoms with E-state index in [0.717, 1.165) is 14.2 Å². The number of nitriles is 1. The lowest BCUT2D eigenvalue weighted by atomic mass is 9.88. The fourth-order valence-corrected chi connectivity index (χ4v) is 2.23. The van der Waals surface area contributed by atoms with E-state index >= 15 is 0 Å². The van der Waals surface area contributed by atoms with E-state index in [-0.39, 0.29) is 0 Å². The molecular formula is C15H13F3N2O6. The lowest BCUT2D eigenvalue weighted by molar-refractivity contribution is -0.385. The second-order valence-electron chi connectivity index (χ2n) is 5.04. The Bertz CT molecular complexity index is 741. The molecule has 0 aromatic heterocycles. The van der Waals surface area contributed by atoms with Gasteiger partial charge in [-0.25, -0.2) is 0 Å². The molecule has 0 aliphatic carbocycles. The predicted molar refractivity (Wildman–Crippen MR) is 78.6 cm³/mol. The van der Waals surface area contributed by atoms with Crippen LogP contribution in [-0.4, -0.2) is 31.1 Å². The van der Waals surface area contributed by atoms with Crippen LogP contribution in [0.2, 0.25) is 0 Å². The van der Waals surface area contributed by atoms with Gasteiger partial charge in [-0.1, -0.05) is 0 Å². The first-order valence-electron chi connectivity index (χ1n) is 6.97. The molecule has 0 aliphatic rings. The molecule has 1 aromatic rings. The van der Waals surface area contributed by atoms with Crippen molar-refractivity contribution in [2.45, 2.75) is 18.5 Å². The van der Waals surface area contributed by atoms with Crippen molar-refractivity contribution in [2.75, 3.05) is 14.2 Å². The van der Waals surface area contributed by atoms with E-state index in [1.807, 2.05) is 0 Å². The second kappa shape index (κ2) is 8.28. The Morgan fingerprint density at radius 3 is 2.19 bits per heavy atom. The van der Waals surface area contributed by atoms with E-state index in [0.29, 0.717) is 18.2 Å². The van der Waals surface area contributed by atoms with Gasteiger partial charge < -0.3 is 9.47 Å². The summed E-state index contributed by atoms with van der Waals surface area (Å²) in [5, 5.41) is 20.4. The van der Waals surface area contributed by atoms with Crippen LogP contribution in [0.1, 0.15) is 23.5 Å². The minimum Gasteiger partial charge on any atom is -0.468 e. The van der Waals surface area contributed by atoms with Crippen molar-refractivity contribution in [2.24, 2.45) is 5.92 Å². The molecule has 11 heteroatoms. The number of nitro benzene ring substituents is 1. The number of alkyl halides is 3. The molecule has 0 radical (unpaired) electrons. The number of hydrogen-bond donors (Lipinski definition) is 0. The highest BCUT2D eigenvalue weighted by molar-refractivity contribution is 5.94. The quantitative estimate of drug-likeness (QED) is 0.325. The van der Waals surface area contributed by atoms with Crippen LogP contribution in [0.5, 0.6) is 0 Å². The number of esters is 2. The van der Waals surface area contributed by atoms with Gasteiger partial charge in [0.25, 0.3) is 5.69 Å². The van der Waals surface area contributed by atoms with E-state index in [2.05, 4.69) is 9.47 Å². The summed E-state index contributed by atoms with van der Waals surface area (Å²) in [4.78, 5) is 33.5. The van der Waals surface area contributed by atoms with E-state index in [1.54, 1.807) is 6.07 Å². The first kappa shape index (κ1) is 20.9. The van der Waals surface area contributed by atoms with Gasteiger partial charge in [-0.15, -0.1) is 0 Å². The first-order chi connectivity index (χ1) is 12.1. The smallest absolute Gasteiger partial charge is 0.416 e. The molecule has 0 saturated heterocycles. The van der Waals surface area contributed by atoms with Gasteiger partial charge in [-0.3, -0.25) is 19.7 Å². The van der Waals surface area contributed by atoms with Crippen molar-refractivity contribution in [3.63, 3.8) is 0 Å². The molecule has 1 atom stereocenters. The van der Waals surface area contributed by atoms with Crippen LogP contribution in [-0.2, 0) is 25.2 Å². The summed E-state index contributed by atoms with van der Waals surface area (Å²) in [6.07, 6.45) is -5.44. The summed E-state index contributed by atoms with van der Waals surface area (Å²) < 4.78 is 47.5. The Balaban J connectivity index is 3.43. The van der Waals surface area contributed by atoms with Crippen molar-refractivity contribution in [1.29, 1.82) is 5.26 Å². The summed E-state index contributed by atoms with van der Waals surface area (Å²) in [5.74, 6) is -5.33. The van der Waals surface area contributed by atoms with Crippen LogP contribution >= 0.6 is 0 Å². The predicted octanol–water partition coefficient (Wildman–Crippen LogP) is 2.57. The van der Waals surface area contributed by atoms with Crippen molar-refractivity contribution >= 4 is 17.6 Å². The summed E-state index contributed by atoms with van der Waals surface area (Å²) in [7, 11) is 1.93. The molecule has 1 unspecified atom stereocenters. The third-order valence-corrected chi connectivity index (χ3v) is 3.53. The summed E-state index contributed by atoms with van der Waals surface area (Å²) >= 11 is 0. The molecule has 8 nitrogen and oxygen atoms in total. The lowest BCUT2D eigenvalue weighted by Crippen LogP contribution is -2.28. The molecule has 1 rings (SSSR count). The number of methoxy groups -OCH3 is 2. The van der Waals surface area contributed by atoms with Gasteiger partial charge in [-0.05, 0) is 18.6 Å². The maximum Gasteiger partial charge on any atom is 0.416 e. The highest BCUT2D eigenvalue weighted by atomic mass is 19.4. The Labute approximate surface area is 145 Å². The van der Waals surface area contributed by atoms with Crippen molar-refractivity contribution in [1.82, 2.24) is 0 Å². The molecule has 140 valence electrons. The molecule has 0 saturated carbocycles. The SMILES string of the molecule is COC(=O)C(CC(C#N)c1cc(C(F)(F)F)ccc1[N+](=O)[O-])C(=O)OC. The summed E-state index contributed by atoms with van der Waals surface area (Å²) in [5.41, 5.74) is -2.51. The van der Waals surface area contributed by atoms with Crippen LogP contribution in [0, 0.1) is 27.4 Å². The minimum absolute atomic E-state index is 0.456. The number of rotatable bonds is 6. The molecule has 0 bridgehead atoms. The van der Waals surface area contributed by atoms with Crippen LogP contribution in [0.4, 0.5) is 18.9 Å². The normalized spacial score (nSPS) is 12.2. The third-order valence-electron chi connectivity index (χ3n) is 3.53. The molecule has 0 amide bonds. The van der Waals surface area contributed by atoms with E-state index in [9.17, 15) is 38.1 Å². The van der Waals surface area contributed by atoms with Gasteiger partial charge in [-0.2, -0.15) is 18.4 Å². The van der Waals surface area contributed by atoms with E-state index in [4.69, 9.17) is 0 Å². The standard InChI is InChI=1S/C15H13F3N2O6/c1-25-13(21)11(14(22)26-2)5-8(7-19)10-6-9(15(16,17)18)3-4-12(10)20(23)24/h3-4,6,8,11H,5H2,1-2H3. The Hall–Kier alpha value is -3.16. The zero-order chi connectivity index (χ0) is 20.1. The number of halogens is 3. The van der Waals surface area contributed by atoms with E-state index < -0.39 is 58.1 Å². The Morgan fingerprint density at radius 2 is 1.81 bits per heavy atom. The summed E-state index contributed by atoms with van der Waals surface area (Å²) in [6.45, 7) is 0. The molecule has 0 spiro atoms. The number of nitrogens with zero attached hydrogens (tertiary/aromatic N) is 2. The number of carbonyl (C=O) groups excluding carboxylic acids is 2. The number of benzene rings is 1. The molecule has 0 heterocycles. The minimum atomic E-state index is -4.80. The van der Waals surface area contributed by atoms with E-state index in [1.165, 1.54) is 0 Å². The van der Waals surface area contributed by atoms with Crippen LogP contribution < -0.4 is 0 Å². The Kier molecular flexibility index (Phi) is 6.65. The van der Waals surface area contributed by atoms with Gasteiger partial charge in [0, 0.05) is 11.6 Å². The second-order valence-corrected chi connectivity index (χ2v) is 5.04. The average Bonchev–Trinajstić information content (AvgIpc) is 2.60. The van der Waals surface area contributed by atoms with Gasteiger partial charge >= 0.3 is 18.1 Å². The average molecular weight is 374 g/mol. The lowest BCUT2D eigenvalue weighted by Gasteiger charge is -2.17. The van der Waals surface area contributed by atoms with Crippen molar-refractivity contribution < 1.29 is 37.2 Å². The molecular weight excluding hydrogens is 361 g/mol. The summed E-state index contributed by atoms with van der Waals surface area (Å²) in [6, 6.07) is 3.18. The fraction of sp³-hybridized carbons (Fsp3) is 0.400. The third kappa shape index (κ3) is 4.69. The number of ether oxygens (including phenoxy) is 2. The largest absolute Gasteiger partial charge is 0.468 e. The van der Waals surface area contributed by atoms with Gasteiger partial charge in [0.15, 0.2) is 5.92 Å². The molecule has 0 N–H and O–H groups in total. The molecule has 0 fully saturated rings. The number of hydrogen-bond acceptors (Lipinski definition) is 7. The maximum atomic E-state index is 12.9. The fourth-order valence-electron chi connectivity index (χ4n) is 2.23. The molecule has 1 aromatic carbocycles. The first-order valence-corrected chi connectivity index (χ1v) is 6.97. The van der Waals surface area contributed by atoms with Crippen molar-refractivity contribution in [3.05, 3.63) is 39.4 Å². The van der Waals surface area contributed by atoms with Crippen LogP contribution in [0.15, 0.2) is 18.2 Å². The topological polar surface area (TPSA) is 120 Å². The zero-order valence-electron chi connectivity index (χ0n) is 13.6. The van der Waals surface area contributed by atoms with Gasteiger partial charge in [0.2, 0.25) is 0 Å².